The molecule has 0 saturated carbocycles. The van der Waals surface area contributed by atoms with Crippen LogP contribution in [0.3, 0.4) is 0 Å². The minimum Gasteiger partial charge on any atom is -0.508 e. The molecule has 20 heavy (non-hydrogen) atoms. The smallest absolute Gasteiger partial charge is 0.116 e. The Bertz CT molecular complexity index is 730. The fourth-order valence-corrected chi connectivity index (χ4v) is 2.24. The van der Waals surface area contributed by atoms with Crippen LogP contribution in [0.25, 0.3) is 22.5 Å². The van der Waals surface area contributed by atoms with E-state index in [1.165, 1.54) is 6.33 Å². The lowest BCUT2D eigenvalue weighted by Crippen LogP contribution is -1.89. The molecule has 0 radical (unpaired) electrons. The Hall–Kier alpha value is -2.69. The molecule has 0 fully saturated rings. The zero-order valence-corrected chi connectivity index (χ0v) is 11.3. The van der Waals surface area contributed by atoms with Gasteiger partial charge in [-0.05, 0) is 36.8 Å². The van der Waals surface area contributed by atoms with Gasteiger partial charge in [0.05, 0.1) is 5.69 Å². The van der Waals surface area contributed by atoms with Gasteiger partial charge in [0.1, 0.15) is 17.8 Å². The second-order valence-corrected chi connectivity index (χ2v) is 4.72. The van der Waals surface area contributed by atoms with Gasteiger partial charge in [-0.2, -0.15) is 5.10 Å². The highest BCUT2D eigenvalue weighted by atomic mass is 16.3. The summed E-state index contributed by atoms with van der Waals surface area (Å²) in [6, 6.07) is 7.26. The summed E-state index contributed by atoms with van der Waals surface area (Å²) in [6.07, 6.45) is 5.13. The van der Waals surface area contributed by atoms with Gasteiger partial charge in [-0.15, -0.1) is 0 Å². The van der Waals surface area contributed by atoms with Crippen LogP contribution >= 0.6 is 0 Å². The molecule has 100 valence electrons. The fourth-order valence-electron chi connectivity index (χ4n) is 2.24. The molecule has 5 heteroatoms. The first kappa shape index (κ1) is 12.3. The lowest BCUT2D eigenvalue weighted by atomic mass is 10.0. The predicted molar refractivity (Wildman–Crippen MR) is 76.1 cm³/mol. The molecule has 0 amide bonds. The van der Waals surface area contributed by atoms with Crippen LogP contribution in [-0.2, 0) is 7.05 Å². The molecule has 0 saturated heterocycles. The first-order chi connectivity index (χ1) is 9.63. The number of hydrogen-bond donors (Lipinski definition) is 1. The third-order valence-corrected chi connectivity index (χ3v) is 3.02. The van der Waals surface area contributed by atoms with Crippen LogP contribution in [0.4, 0.5) is 0 Å². The summed E-state index contributed by atoms with van der Waals surface area (Å²) < 4.78 is 1.74. The molecule has 3 aromatic rings. The fraction of sp³-hybridized carbons (Fsp3) is 0.133. The number of phenols is 1. The molecule has 1 aromatic carbocycles. The highest BCUT2D eigenvalue weighted by Crippen LogP contribution is 2.31. The first-order valence-electron chi connectivity index (χ1n) is 6.24. The number of aryl methyl sites for hydroxylation is 2. The molecule has 0 aliphatic heterocycles. The number of phenolic OH excluding ortho intramolecular Hbond substituents is 1. The molecule has 0 aliphatic carbocycles. The Labute approximate surface area is 116 Å². The molecule has 0 spiro atoms. The number of hydrogen-bond acceptors (Lipinski definition) is 4. The molecule has 0 aliphatic rings. The molecule has 0 unspecified atom stereocenters. The third-order valence-electron chi connectivity index (χ3n) is 3.02. The number of benzene rings is 1. The highest BCUT2D eigenvalue weighted by Gasteiger charge is 2.14. The van der Waals surface area contributed by atoms with Gasteiger partial charge in [-0.1, -0.05) is 0 Å². The number of rotatable bonds is 2. The molecule has 5 nitrogen and oxygen atoms in total. The SMILES string of the molecule is Cc1cc(O)cc(-c2nn(C)cc2-c2ccncn2)c1. The van der Waals surface area contributed by atoms with Gasteiger partial charge in [0.25, 0.3) is 0 Å². The first-order valence-corrected chi connectivity index (χ1v) is 6.24. The molecule has 1 N–H and O–H groups in total. The van der Waals surface area contributed by atoms with Crippen molar-refractivity contribution in [2.45, 2.75) is 6.92 Å². The maximum Gasteiger partial charge on any atom is 0.116 e. The summed E-state index contributed by atoms with van der Waals surface area (Å²) in [5, 5.41) is 14.2. The number of nitrogens with zero attached hydrogens (tertiary/aromatic N) is 4. The second kappa shape index (κ2) is 4.77. The lowest BCUT2D eigenvalue weighted by Gasteiger charge is -2.04. The second-order valence-electron chi connectivity index (χ2n) is 4.72. The van der Waals surface area contributed by atoms with Gasteiger partial charge < -0.3 is 5.11 Å². The molecular weight excluding hydrogens is 252 g/mol. The Morgan fingerprint density at radius 3 is 2.75 bits per heavy atom. The predicted octanol–water partition coefficient (Wildman–Crippen LogP) is 2.56. The van der Waals surface area contributed by atoms with Crippen LogP contribution < -0.4 is 0 Å². The summed E-state index contributed by atoms with van der Waals surface area (Å²) >= 11 is 0. The topological polar surface area (TPSA) is 63.8 Å². The Balaban J connectivity index is 2.19. The van der Waals surface area contributed by atoms with Crippen molar-refractivity contribution in [1.29, 1.82) is 0 Å². The van der Waals surface area contributed by atoms with Crippen molar-refractivity contribution in [3.8, 4) is 28.3 Å². The summed E-state index contributed by atoms with van der Waals surface area (Å²) in [4.78, 5) is 8.20. The zero-order valence-electron chi connectivity index (χ0n) is 11.3. The molecule has 0 atom stereocenters. The van der Waals surface area contributed by atoms with Crippen molar-refractivity contribution in [3.05, 3.63) is 48.5 Å². The van der Waals surface area contributed by atoms with Gasteiger partial charge in [0.15, 0.2) is 0 Å². The van der Waals surface area contributed by atoms with Crippen LogP contribution in [0, 0.1) is 6.92 Å². The molecule has 0 bridgehead atoms. The van der Waals surface area contributed by atoms with E-state index in [9.17, 15) is 5.11 Å². The summed E-state index contributed by atoms with van der Waals surface area (Å²) in [6.45, 7) is 1.94. The van der Waals surface area contributed by atoms with Crippen LogP contribution in [0.1, 0.15) is 5.56 Å². The van der Waals surface area contributed by atoms with E-state index in [1.807, 2.05) is 32.3 Å². The van der Waals surface area contributed by atoms with E-state index in [0.717, 1.165) is 28.1 Å². The van der Waals surface area contributed by atoms with Crippen molar-refractivity contribution in [2.24, 2.45) is 7.05 Å². The standard InChI is InChI=1S/C15H14N4O/c1-10-5-11(7-12(20)6-10)15-13(8-19(2)18-15)14-3-4-16-9-17-14/h3-9,20H,1-2H3. The molecular formula is C15H14N4O. The molecule has 3 rings (SSSR count). The van der Waals surface area contributed by atoms with Crippen molar-refractivity contribution in [1.82, 2.24) is 19.7 Å². The summed E-state index contributed by atoms with van der Waals surface area (Å²) in [5.74, 6) is 0.235. The van der Waals surface area contributed by atoms with Crippen molar-refractivity contribution in [2.75, 3.05) is 0 Å². The summed E-state index contributed by atoms with van der Waals surface area (Å²) in [7, 11) is 1.86. The Kier molecular flexibility index (Phi) is 2.95. The van der Waals surface area contributed by atoms with E-state index >= 15 is 0 Å². The largest absolute Gasteiger partial charge is 0.508 e. The number of aromatic nitrogens is 4. The van der Waals surface area contributed by atoms with E-state index in [1.54, 1.807) is 23.0 Å². The van der Waals surface area contributed by atoms with E-state index < -0.39 is 0 Å². The number of aromatic hydroxyl groups is 1. The van der Waals surface area contributed by atoms with E-state index in [2.05, 4.69) is 15.1 Å². The maximum absolute atomic E-state index is 9.76. The van der Waals surface area contributed by atoms with Crippen LogP contribution in [0.15, 0.2) is 43.0 Å². The highest BCUT2D eigenvalue weighted by molar-refractivity contribution is 5.79. The lowest BCUT2D eigenvalue weighted by molar-refractivity contribution is 0.475. The van der Waals surface area contributed by atoms with Crippen molar-refractivity contribution >= 4 is 0 Å². The Morgan fingerprint density at radius 1 is 1.20 bits per heavy atom. The Morgan fingerprint density at radius 2 is 2.05 bits per heavy atom. The zero-order chi connectivity index (χ0) is 14.1. The van der Waals surface area contributed by atoms with Crippen molar-refractivity contribution < 1.29 is 5.11 Å². The third kappa shape index (κ3) is 2.25. The van der Waals surface area contributed by atoms with E-state index in [-0.39, 0.29) is 5.75 Å². The van der Waals surface area contributed by atoms with Gasteiger partial charge >= 0.3 is 0 Å². The van der Waals surface area contributed by atoms with E-state index in [4.69, 9.17) is 0 Å². The maximum atomic E-state index is 9.76. The normalized spacial score (nSPS) is 10.7. The van der Waals surface area contributed by atoms with Gasteiger partial charge in [0.2, 0.25) is 0 Å². The van der Waals surface area contributed by atoms with Crippen LogP contribution in [0.5, 0.6) is 5.75 Å². The summed E-state index contributed by atoms with van der Waals surface area (Å²) in [5.41, 5.74) is 4.38. The minimum absolute atomic E-state index is 0.235. The van der Waals surface area contributed by atoms with Gasteiger partial charge in [-0.3, -0.25) is 4.68 Å². The average molecular weight is 266 g/mol. The quantitative estimate of drug-likeness (QED) is 0.774. The van der Waals surface area contributed by atoms with Crippen molar-refractivity contribution in [3.63, 3.8) is 0 Å². The monoisotopic (exact) mass is 266 g/mol. The van der Waals surface area contributed by atoms with E-state index in [0.29, 0.717) is 0 Å². The average Bonchev–Trinajstić information content (AvgIpc) is 2.81. The molecule has 2 heterocycles. The minimum atomic E-state index is 0.235. The van der Waals surface area contributed by atoms with Gasteiger partial charge in [0, 0.05) is 30.6 Å². The van der Waals surface area contributed by atoms with Crippen LogP contribution in [-0.4, -0.2) is 24.9 Å². The molecule has 2 aromatic heterocycles. The van der Waals surface area contributed by atoms with Crippen LogP contribution in [0.2, 0.25) is 0 Å². The van der Waals surface area contributed by atoms with Gasteiger partial charge in [-0.25, -0.2) is 9.97 Å².